The number of urea groups is 1. The summed E-state index contributed by atoms with van der Waals surface area (Å²) in [6.45, 7) is 10.4. The SMILES string of the molecule is CC(C)(C)c1ccc2oc(CN3CCN(C(=O)NCc4ccc(F)cc4)CC3)nc2c1. The van der Waals surface area contributed by atoms with Crippen LogP contribution in [0.5, 0.6) is 0 Å². The molecule has 7 heteroatoms. The van der Waals surface area contributed by atoms with Crippen LogP contribution >= 0.6 is 0 Å². The molecule has 1 N–H and O–H groups in total. The molecule has 31 heavy (non-hydrogen) atoms. The summed E-state index contributed by atoms with van der Waals surface area (Å²) >= 11 is 0. The van der Waals surface area contributed by atoms with Crippen LogP contribution in [0.2, 0.25) is 0 Å². The summed E-state index contributed by atoms with van der Waals surface area (Å²) in [7, 11) is 0. The van der Waals surface area contributed by atoms with Gasteiger partial charge in [0.1, 0.15) is 11.3 Å². The molecule has 2 heterocycles. The molecule has 0 radical (unpaired) electrons. The second-order valence-corrected chi connectivity index (χ2v) is 9.09. The number of carbonyl (C=O) groups excluding carboxylic acids is 1. The molecule has 1 aromatic heterocycles. The lowest BCUT2D eigenvalue weighted by Gasteiger charge is -2.34. The van der Waals surface area contributed by atoms with Crippen LogP contribution in [0.15, 0.2) is 46.9 Å². The third-order valence-corrected chi connectivity index (χ3v) is 5.67. The molecule has 0 spiro atoms. The van der Waals surface area contributed by atoms with E-state index in [0.717, 1.165) is 29.8 Å². The minimum Gasteiger partial charge on any atom is -0.439 e. The number of oxazole rings is 1. The maximum atomic E-state index is 13.0. The summed E-state index contributed by atoms with van der Waals surface area (Å²) in [5.74, 6) is 0.426. The van der Waals surface area contributed by atoms with Crippen molar-refractivity contribution in [2.24, 2.45) is 0 Å². The van der Waals surface area contributed by atoms with Crippen molar-refractivity contribution in [2.75, 3.05) is 26.2 Å². The van der Waals surface area contributed by atoms with Crippen molar-refractivity contribution < 1.29 is 13.6 Å². The van der Waals surface area contributed by atoms with E-state index in [0.29, 0.717) is 32.1 Å². The number of nitrogens with zero attached hydrogens (tertiary/aromatic N) is 3. The number of piperazine rings is 1. The van der Waals surface area contributed by atoms with Gasteiger partial charge in [-0.1, -0.05) is 39.0 Å². The Morgan fingerprint density at radius 3 is 2.48 bits per heavy atom. The van der Waals surface area contributed by atoms with Gasteiger partial charge in [0, 0.05) is 32.7 Å². The van der Waals surface area contributed by atoms with Gasteiger partial charge >= 0.3 is 6.03 Å². The lowest BCUT2D eigenvalue weighted by molar-refractivity contribution is 0.129. The number of hydrogen-bond donors (Lipinski definition) is 1. The normalized spacial score (nSPS) is 15.4. The number of halogens is 1. The first-order chi connectivity index (χ1) is 14.8. The van der Waals surface area contributed by atoms with Gasteiger partial charge in [-0.25, -0.2) is 14.2 Å². The first kappa shape index (κ1) is 21.3. The van der Waals surface area contributed by atoms with E-state index in [2.05, 4.69) is 48.1 Å². The molecule has 3 aromatic rings. The van der Waals surface area contributed by atoms with Gasteiger partial charge in [0.05, 0.1) is 6.54 Å². The third kappa shape index (κ3) is 5.22. The predicted molar refractivity (Wildman–Crippen MR) is 118 cm³/mol. The van der Waals surface area contributed by atoms with Gasteiger partial charge in [-0.2, -0.15) is 0 Å². The Hall–Kier alpha value is -2.93. The molecule has 0 bridgehead atoms. The van der Waals surface area contributed by atoms with Crippen molar-refractivity contribution >= 4 is 17.1 Å². The molecule has 1 aliphatic rings. The van der Waals surface area contributed by atoms with Crippen LogP contribution in [0.3, 0.4) is 0 Å². The molecule has 1 saturated heterocycles. The van der Waals surface area contributed by atoms with Gasteiger partial charge in [-0.05, 0) is 40.8 Å². The Morgan fingerprint density at radius 1 is 1.10 bits per heavy atom. The molecule has 0 atom stereocenters. The number of amides is 2. The Bertz CT molecular complexity index is 1050. The van der Waals surface area contributed by atoms with Gasteiger partial charge in [0.2, 0.25) is 5.89 Å². The lowest BCUT2D eigenvalue weighted by Crippen LogP contribution is -2.51. The summed E-state index contributed by atoms with van der Waals surface area (Å²) in [5, 5.41) is 2.90. The molecule has 0 unspecified atom stereocenters. The van der Waals surface area contributed by atoms with E-state index in [1.54, 1.807) is 12.1 Å². The van der Waals surface area contributed by atoms with Crippen molar-refractivity contribution in [1.82, 2.24) is 20.1 Å². The van der Waals surface area contributed by atoms with Crippen molar-refractivity contribution in [3.63, 3.8) is 0 Å². The molecule has 1 aliphatic heterocycles. The van der Waals surface area contributed by atoms with Crippen molar-refractivity contribution in [1.29, 1.82) is 0 Å². The molecular weight excluding hydrogens is 395 g/mol. The topological polar surface area (TPSA) is 61.6 Å². The van der Waals surface area contributed by atoms with Crippen molar-refractivity contribution in [3.8, 4) is 0 Å². The fourth-order valence-corrected chi connectivity index (χ4v) is 3.70. The highest BCUT2D eigenvalue weighted by molar-refractivity contribution is 5.74. The second-order valence-electron chi connectivity index (χ2n) is 9.09. The zero-order chi connectivity index (χ0) is 22.0. The highest BCUT2D eigenvalue weighted by Crippen LogP contribution is 2.26. The Labute approximate surface area is 182 Å². The fourth-order valence-electron chi connectivity index (χ4n) is 3.70. The quantitative estimate of drug-likeness (QED) is 0.679. The summed E-state index contributed by atoms with van der Waals surface area (Å²) < 4.78 is 18.9. The summed E-state index contributed by atoms with van der Waals surface area (Å²) in [6.07, 6.45) is 0. The van der Waals surface area contributed by atoms with Gasteiger partial charge in [0.15, 0.2) is 5.58 Å². The van der Waals surface area contributed by atoms with Crippen LogP contribution in [0.1, 0.15) is 37.8 Å². The van der Waals surface area contributed by atoms with Gasteiger partial charge in [-0.3, -0.25) is 4.90 Å². The maximum Gasteiger partial charge on any atom is 0.317 e. The zero-order valence-corrected chi connectivity index (χ0v) is 18.3. The van der Waals surface area contributed by atoms with E-state index in [4.69, 9.17) is 4.42 Å². The van der Waals surface area contributed by atoms with E-state index in [9.17, 15) is 9.18 Å². The van der Waals surface area contributed by atoms with Crippen LogP contribution in [0, 0.1) is 5.82 Å². The molecule has 1 fully saturated rings. The van der Waals surface area contributed by atoms with Gasteiger partial charge < -0.3 is 14.6 Å². The smallest absolute Gasteiger partial charge is 0.317 e. The van der Waals surface area contributed by atoms with E-state index in [-0.39, 0.29) is 17.3 Å². The highest BCUT2D eigenvalue weighted by Gasteiger charge is 2.22. The minimum atomic E-state index is -0.278. The number of hydrogen-bond acceptors (Lipinski definition) is 4. The fraction of sp³-hybridized carbons (Fsp3) is 0.417. The van der Waals surface area contributed by atoms with Crippen LogP contribution in [-0.4, -0.2) is 47.0 Å². The standard InChI is InChI=1S/C24H29FN4O2/c1-24(2,3)18-6-9-21-20(14-18)27-22(31-21)16-28-10-12-29(13-11-28)23(30)26-15-17-4-7-19(25)8-5-17/h4-9,14H,10-13,15-16H2,1-3H3,(H,26,30). The van der Waals surface area contributed by atoms with Crippen LogP contribution in [-0.2, 0) is 18.5 Å². The molecule has 4 rings (SSSR count). The summed E-state index contributed by atoms with van der Waals surface area (Å²) in [6, 6.07) is 12.3. The first-order valence-corrected chi connectivity index (χ1v) is 10.7. The van der Waals surface area contributed by atoms with E-state index < -0.39 is 0 Å². The number of benzene rings is 2. The monoisotopic (exact) mass is 424 g/mol. The van der Waals surface area contributed by atoms with Crippen molar-refractivity contribution in [3.05, 3.63) is 65.3 Å². The van der Waals surface area contributed by atoms with Gasteiger partial charge in [0.25, 0.3) is 0 Å². The maximum absolute atomic E-state index is 13.0. The Morgan fingerprint density at radius 2 is 1.81 bits per heavy atom. The van der Waals surface area contributed by atoms with E-state index in [1.165, 1.54) is 17.7 Å². The average Bonchev–Trinajstić information content (AvgIpc) is 3.14. The molecule has 0 saturated carbocycles. The largest absolute Gasteiger partial charge is 0.439 e. The molecule has 0 aliphatic carbocycles. The second kappa shape index (κ2) is 8.67. The average molecular weight is 425 g/mol. The number of nitrogens with one attached hydrogen (secondary N) is 1. The Kier molecular flexibility index (Phi) is 5.96. The van der Waals surface area contributed by atoms with Crippen LogP contribution in [0.4, 0.5) is 9.18 Å². The molecule has 6 nitrogen and oxygen atoms in total. The predicted octanol–water partition coefficient (Wildman–Crippen LogP) is 4.29. The number of carbonyl (C=O) groups is 1. The van der Waals surface area contributed by atoms with Crippen molar-refractivity contribution in [2.45, 2.75) is 39.3 Å². The first-order valence-electron chi connectivity index (χ1n) is 10.7. The highest BCUT2D eigenvalue weighted by atomic mass is 19.1. The van der Waals surface area contributed by atoms with E-state index in [1.807, 2.05) is 11.0 Å². The summed E-state index contributed by atoms with van der Waals surface area (Å²) in [4.78, 5) is 21.2. The van der Waals surface area contributed by atoms with Gasteiger partial charge in [-0.15, -0.1) is 0 Å². The number of rotatable bonds is 4. The molecule has 164 valence electrons. The third-order valence-electron chi connectivity index (χ3n) is 5.67. The lowest BCUT2D eigenvalue weighted by atomic mass is 9.87. The molecule has 2 amide bonds. The minimum absolute atomic E-state index is 0.0703. The summed E-state index contributed by atoms with van der Waals surface area (Å²) in [5.41, 5.74) is 3.88. The van der Waals surface area contributed by atoms with E-state index >= 15 is 0 Å². The molecular formula is C24H29FN4O2. The number of aromatic nitrogens is 1. The zero-order valence-electron chi connectivity index (χ0n) is 18.3. The van der Waals surface area contributed by atoms with Crippen LogP contribution in [0.25, 0.3) is 11.1 Å². The Balaban J connectivity index is 1.28. The van der Waals surface area contributed by atoms with Crippen LogP contribution < -0.4 is 5.32 Å². The molecule has 2 aromatic carbocycles. The number of fused-ring (bicyclic) bond motifs is 1.